The van der Waals surface area contributed by atoms with Gasteiger partial charge in [-0.3, -0.25) is 0 Å². The van der Waals surface area contributed by atoms with Crippen LogP contribution in [0.1, 0.15) is 32.1 Å². The minimum atomic E-state index is 0.587. The van der Waals surface area contributed by atoms with E-state index in [2.05, 4.69) is 11.4 Å². The minimum absolute atomic E-state index is 0.587. The number of anilines is 1. The van der Waals surface area contributed by atoms with E-state index in [4.69, 9.17) is 9.72 Å². The predicted octanol–water partition coefficient (Wildman–Crippen LogP) is 5.83. The molecule has 118 valence electrons. The zero-order valence-corrected chi connectivity index (χ0v) is 13.8. The molecule has 1 aromatic heterocycles. The second-order valence-electron chi connectivity index (χ2n) is 6.04. The van der Waals surface area contributed by atoms with Crippen molar-refractivity contribution in [3.05, 3.63) is 48.5 Å². The van der Waals surface area contributed by atoms with E-state index in [1.807, 2.05) is 42.5 Å². The second-order valence-corrected chi connectivity index (χ2v) is 7.07. The molecular formula is C19H20N2OS. The summed E-state index contributed by atoms with van der Waals surface area (Å²) < 4.78 is 7.07. The van der Waals surface area contributed by atoms with Gasteiger partial charge in [0.05, 0.1) is 10.2 Å². The lowest BCUT2D eigenvalue weighted by Crippen LogP contribution is -2.21. The third-order valence-corrected chi connectivity index (χ3v) is 5.22. The Labute approximate surface area is 140 Å². The van der Waals surface area contributed by atoms with E-state index in [1.54, 1.807) is 11.3 Å². The Hall–Kier alpha value is -2.07. The zero-order chi connectivity index (χ0) is 15.5. The smallest absolute Gasteiger partial charge is 0.184 e. The maximum absolute atomic E-state index is 5.90. The van der Waals surface area contributed by atoms with Crippen LogP contribution in [0, 0.1) is 0 Å². The fourth-order valence-electron chi connectivity index (χ4n) is 3.08. The van der Waals surface area contributed by atoms with E-state index in [9.17, 15) is 0 Å². The van der Waals surface area contributed by atoms with E-state index in [0.29, 0.717) is 6.04 Å². The van der Waals surface area contributed by atoms with Gasteiger partial charge in [0.15, 0.2) is 5.13 Å². The predicted molar refractivity (Wildman–Crippen MR) is 96.6 cm³/mol. The van der Waals surface area contributed by atoms with Crippen molar-refractivity contribution in [2.24, 2.45) is 0 Å². The van der Waals surface area contributed by atoms with Crippen LogP contribution in [0.25, 0.3) is 10.2 Å². The molecule has 0 unspecified atom stereocenters. The molecule has 1 aliphatic rings. The number of nitrogens with zero attached hydrogens (tertiary/aromatic N) is 1. The van der Waals surface area contributed by atoms with Crippen LogP contribution >= 0.6 is 11.3 Å². The number of rotatable bonds is 4. The molecule has 1 N–H and O–H groups in total. The fraction of sp³-hybridized carbons (Fsp3) is 0.316. The summed E-state index contributed by atoms with van der Waals surface area (Å²) in [5.41, 5.74) is 1.04. The number of fused-ring (bicyclic) bond motifs is 1. The Morgan fingerprint density at radius 3 is 2.61 bits per heavy atom. The van der Waals surface area contributed by atoms with Crippen molar-refractivity contribution < 1.29 is 4.74 Å². The van der Waals surface area contributed by atoms with Crippen molar-refractivity contribution in [3.63, 3.8) is 0 Å². The number of hydrogen-bond acceptors (Lipinski definition) is 4. The average Bonchev–Trinajstić information content (AvgIpc) is 2.98. The molecule has 3 aromatic rings. The van der Waals surface area contributed by atoms with E-state index in [0.717, 1.165) is 26.8 Å². The molecule has 0 radical (unpaired) electrons. The van der Waals surface area contributed by atoms with Crippen molar-refractivity contribution in [2.75, 3.05) is 5.32 Å². The van der Waals surface area contributed by atoms with Crippen LogP contribution in [0.5, 0.6) is 11.5 Å². The molecule has 1 aliphatic carbocycles. The van der Waals surface area contributed by atoms with Gasteiger partial charge in [-0.05, 0) is 37.1 Å². The van der Waals surface area contributed by atoms with Gasteiger partial charge in [-0.1, -0.05) is 48.8 Å². The normalized spacial score (nSPS) is 15.7. The number of nitrogens with one attached hydrogen (secondary N) is 1. The molecule has 1 heterocycles. The van der Waals surface area contributed by atoms with Crippen molar-refractivity contribution in [1.29, 1.82) is 0 Å². The van der Waals surface area contributed by atoms with Crippen molar-refractivity contribution >= 4 is 26.7 Å². The van der Waals surface area contributed by atoms with Crippen LogP contribution in [-0.2, 0) is 0 Å². The third-order valence-electron chi connectivity index (χ3n) is 4.27. The summed E-state index contributed by atoms with van der Waals surface area (Å²) in [4.78, 5) is 4.71. The summed E-state index contributed by atoms with van der Waals surface area (Å²) in [5, 5.41) is 4.64. The van der Waals surface area contributed by atoms with Crippen LogP contribution in [0.4, 0.5) is 5.13 Å². The summed E-state index contributed by atoms with van der Waals surface area (Å²) in [6, 6.07) is 16.6. The van der Waals surface area contributed by atoms with Gasteiger partial charge in [0.1, 0.15) is 11.5 Å². The molecule has 4 rings (SSSR count). The number of thiazole rings is 1. The van der Waals surface area contributed by atoms with Crippen LogP contribution in [-0.4, -0.2) is 11.0 Å². The van der Waals surface area contributed by atoms with Gasteiger partial charge in [-0.25, -0.2) is 4.98 Å². The Bertz CT molecular complexity index is 778. The number of aromatic nitrogens is 1. The number of benzene rings is 2. The fourth-order valence-corrected chi connectivity index (χ4v) is 4.05. The lowest BCUT2D eigenvalue weighted by molar-refractivity contribution is 0.462. The Morgan fingerprint density at radius 1 is 0.957 bits per heavy atom. The number of ether oxygens (including phenoxy) is 1. The third kappa shape index (κ3) is 3.48. The topological polar surface area (TPSA) is 34.1 Å². The molecule has 1 fully saturated rings. The first-order chi connectivity index (χ1) is 11.4. The number of para-hydroxylation sites is 1. The Kier molecular flexibility index (Phi) is 4.16. The van der Waals surface area contributed by atoms with Gasteiger partial charge in [0.25, 0.3) is 0 Å². The van der Waals surface area contributed by atoms with E-state index in [1.165, 1.54) is 32.1 Å². The summed E-state index contributed by atoms with van der Waals surface area (Å²) in [5.74, 6) is 1.72. The van der Waals surface area contributed by atoms with Gasteiger partial charge >= 0.3 is 0 Å². The molecule has 0 atom stereocenters. The lowest BCUT2D eigenvalue weighted by Gasteiger charge is -2.22. The van der Waals surface area contributed by atoms with Crippen LogP contribution in [0.2, 0.25) is 0 Å². The van der Waals surface area contributed by atoms with Crippen LogP contribution < -0.4 is 10.1 Å². The molecule has 0 aliphatic heterocycles. The molecule has 3 nitrogen and oxygen atoms in total. The molecule has 23 heavy (non-hydrogen) atoms. The van der Waals surface area contributed by atoms with Gasteiger partial charge in [-0.15, -0.1) is 0 Å². The first-order valence-electron chi connectivity index (χ1n) is 8.27. The maximum atomic E-state index is 5.90. The summed E-state index contributed by atoms with van der Waals surface area (Å²) in [6.07, 6.45) is 6.56. The lowest BCUT2D eigenvalue weighted by atomic mass is 9.96. The molecule has 0 spiro atoms. The average molecular weight is 324 g/mol. The van der Waals surface area contributed by atoms with Crippen molar-refractivity contribution in [3.8, 4) is 11.5 Å². The van der Waals surface area contributed by atoms with E-state index in [-0.39, 0.29) is 0 Å². The van der Waals surface area contributed by atoms with Crippen LogP contribution in [0.15, 0.2) is 48.5 Å². The highest BCUT2D eigenvalue weighted by molar-refractivity contribution is 7.22. The van der Waals surface area contributed by atoms with Crippen molar-refractivity contribution in [2.45, 2.75) is 38.1 Å². The molecule has 0 bridgehead atoms. The Balaban J connectivity index is 1.52. The molecule has 4 heteroatoms. The highest BCUT2D eigenvalue weighted by Crippen LogP contribution is 2.32. The van der Waals surface area contributed by atoms with Crippen molar-refractivity contribution in [1.82, 2.24) is 4.98 Å². The summed E-state index contributed by atoms with van der Waals surface area (Å²) in [6.45, 7) is 0. The molecule has 0 amide bonds. The van der Waals surface area contributed by atoms with Crippen LogP contribution in [0.3, 0.4) is 0 Å². The number of hydrogen-bond donors (Lipinski definition) is 1. The minimum Gasteiger partial charge on any atom is -0.457 e. The summed E-state index contributed by atoms with van der Waals surface area (Å²) >= 11 is 1.71. The zero-order valence-electron chi connectivity index (χ0n) is 13.0. The first kappa shape index (κ1) is 14.5. The molecule has 0 saturated heterocycles. The second kappa shape index (κ2) is 6.59. The van der Waals surface area contributed by atoms with Gasteiger partial charge < -0.3 is 10.1 Å². The molecule has 1 saturated carbocycles. The van der Waals surface area contributed by atoms with E-state index < -0.39 is 0 Å². The highest BCUT2D eigenvalue weighted by atomic mass is 32.1. The van der Waals surface area contributed by atoms with Gasteiger partial charge in [0.2, 0.25) is 0 Å². The molecule has 2 aromatic carbocycles. The quantitative estimate of drug-likeness (QED) is 0.655. The highest BCUT2D eigenvalue weighted by Gasteiger charge is 2.15. The molecular weight excluding hydrogens is 304 g/mol. The maximum Gasteiger partial charge on any atom is 0.184 e. The standard InChI is InChI=1S/C19H20N2OS/c1-3-7-14(8-4-1)20-19-21-17-12-11-16(13-18(17)23-19)22-15-9-5-2-6-10-15/h2,5-6,9-14H,1,3-4,7-8H2,(H,20,21). The first-order valence-corrected chi connectivity index (χ1v) is 9.08. The van der Waals surface area contributed by atoms with Gasteiger partial charge in [0, 0.05) is 12.1 Å². The SMILES string of the molecule is c1ccc(Oc2ccc3nc(NC4CCCCC4)sc3c2)cc1. The largest absolute Gasteiger partial charge is 0.457 e. The van der Waals surface area contributed by atoms with Gasteiger partial charge in [-0.2, -0.15) is 0 Å². The van der Waals surface area contributed by atoms with E-state index >= 15 is 0 Å². The monoisotopic (exact) mass is 324 g/mol. The Morgan fingerprint density at radius 2 is 1.78 bits per heavy atom. The summed E-state index contributed by atoms with van der Waals surface area (Å²) in [7, 11) is 0.